The summed E-state index contributed by atoms with van der Waals surface area (Å²) in [6.07, 6.45) is 2.09. The van der Waals surface area contributed by atoms with Gasteiger partial charge in [-0.05, 0) is 45.7 Å². The molecule has 0 amide bonds. The summed E-state index contributed by atoms with van der Waals surface area (Å²) >= 11 is 0. The van der Waals surface area contributed by atoms with Crippen LogP contribution in [0.25, 0.3) is 5.65 Å². The van der Waals surface area contributed by atoms with Crippen LogP contribution in [0.2, 0.25) is 0 Å². The molecule has 3 aromatic rings. The Bertz CT molecular complexity index is 875. The monoisotopic (exact) mass is 338 g/mol. The van der Waals surface area contributed by atoms with Gasteiger partial charge < -0.3 is 10.2 Å². The summed E-state index contributed by atoms with van der Waals surface area (Å²) in [7, 11) is 0. The highest BCUT2D eigenvalue weighted by Gasteiger charge is 2.21. The van der Waals surface area contributed by atoms with Gasteiger partial charge in [-0.3, -0.25) is 0 Å². The first-order valence-corrected chi connectivity index (χ1v) is 8.61. The van der Waals surface area contributed by atoms with Crippen molar-refractivity contribution in [1.82, 2.24) is 29.8 Å². The van der Waals surface area contributed by atoms with Crippen molar-refractivity contribution in [2.24, 2.45) is 0 Å². The van der Waals surface area contributed by atoms with Crippen molar-refractivity contribution >= 4 is 17.3 Å². The fraction of sp³-hybridized carbons (Fsp3) is 0.471. The molecular weight excluding hydrogens is 316 g/mol. The number of hydrogen-bond donors (Lipinski definition) is 1. The fourth-order valence-electron chi connectivity index (χ4n) is 3.29. The lowest BCUT2D eigenvalue weighted by Gasteiger charge is -2.33. The normalized spacial score (nSPS) is 15.7. The minimum Gasteiger partial charge on any atom is -0.366 e. The van der Waals surface area contributed by atoms with Gasteiger partial charge in [-0.2, -0.15) is 4.52 Å². The van der Waals surface area contributed by atoms with E-state index in [4.69, 9.17) is 0 Å². The van der Waals surface area contributed by atoms with Gasteiger partial charge in [0, 0.05) is 30.9 Å². The van der Waals surface area contributed by atoms with E-state index in [2.05, 4.69) is 41.5 Å². The van der Waals surface area contributed by atoms with Crippen LogP contribution in [0.3, 0.4) is 0 Å². The summed E-state index contributed by atoms with van der Waals surface area (Å²) in [6, 6.07) is 6.37. The van der Waals surface area contributed by atoms with Crippen LogP contribution < -0.4 is 10.2 Å². The predicted octanol–water partition coefficient (Wildman–Crippen LogP) is 1.92. The first-order valence-electron chi connectivity index (χ1n) is 8.61. The molecule has 1 aliphatic rings. The van der Waals surface area contributed by atoms with Gasteiger partial charge in [0.1, 0.15) is 17.5 Å². The van der Waals surface area contributed by atoms with Crippen LogP contribution in [0.15, 0.2) is 18.2 Å². The van der Waals surface area contributed by atoms with E-state index in [-0.39, 0.29) is 0 Å². The Morgan fingerprint density at radius 3 is 2.60 bits per heavy atom. The minimum absolute atomic E-state index is 0.405. The van der Waals surface area contributed by atoms with Crippen molar-refractivity contribution in [3.8, 4) is 0 Å². The molecule has 8 nitrogen and oxygen atoms in total. The molecule has 0 saturated carbocycles. The standard InChI is InChI=1S/C17H22N8/c1-11-10-17(19-12(2)18-11)24-8-6-14(7-9-24)20-15-4-5-16-22-21-13(3)25(16)23-15/h4-5,10,14H,6-9H2,1-3H3,(H,20,23). The number of rotatable bonds is 3. The molecule has 0 radical (unpaired) electrons. The van der Waals surface area contributed by atoms with Crippen LogP contribution in [-0.4, -0.2) is 48.9 Å². The number of hydrogen-bond acceptors (Lipinski definition) is 7. The molecule has 0 unspecified atom stereocenters. The highest BCUT2D eigenvalue weighted by atomic mass is 15.4. The lowest BCUT2D eigenvalue weighted by atomic mass is 10.1. The molecule has 1 fully saturated rings. The molecule has 1 N–H and O–H groups in total. The quantitative estimate of drug-likeness (QED) is 0.781. The van der Waals surface area contributed by atoms with Gasteiger partial charge in [-0.25, -0.2) is 9.97 Å². The fourth-order valence-corrected chi connectivity index (χ4v) is 3.29. The van der Waals surface area contributed by atoms with Gasteiger partial charge in [-0.15, -0.1) is 15.3 Å². The molecular formula is C17H22N8. The highest BCUT2D eigenvalue weighted by molar-refractivity contribution is 5.45. The van der Waals surface area contributed by atoms with E-state index in [1.54, 1.807) is 4.52 Å². The zero-order valence-electron chi connectivity index (χ0n) is 14.8. The average Bonchev–Trinajstić information content (AvgIpc) is 2.95. The third kappa shape index (κ3) is 3.24. The molecule has 25 heavy (non-hydrogen) atoms. The van der Waals surface area contributed by atoms with Crippen molar-refractivity contribution in [3.63, 3.8) is 0 Å². The molecule has 0 atom stereocenters. The van der Waals surface area contributed by atoms with Crippen molar-refractivity contribution in [2.75, 3.05) is 23.3 Å². The van der Waals surface area contributed by atoms with Gasteiger partial charge in [0.2, 0.25) is 0 Å². The Hall–Kier alpha value is -2.77. The second-order valence-electron chi connectivity index (χ2n) is 6.56. The Morgan fingerprint density at radius 1 is 1.04 bits per heavy atom. The lowest BCUT2D eigenvalue weighted by Crippen LogP contribution is -2.39. The van der Waals surface area contributed by atoms with Gasteiger partial charge in [0.25, 0.3) is 0 Å². The van der Waals surface area contributed by atoms with Crippen molar-refractivity contribution in [1.29, 1.82) is 0 Å². The molecule has 0 spiro atoms. The maximum Gasteiger partial charge on any atom is 0.178 e. The SMILES string of the molecule is Cc1cc(N2CCC(Nc3ccc4nnc(C)n4n3)CC2)nc(C)n1. The van der Waals surface area contributed by atoms with Gasteiger partial charge in [-0.1, -0.05) is 0 Å². The van der Waals surface area contributed by atoms with Crippen LogP contribution in [0, 0.1) is 20.8 Å². The number of nitrogens with one attached hydrogen (secondary N) is 1. The van der Waals surface area contributed by atoms with Crippen molar-refractivity contribution in [2.45, 2.75) is 39.7 Å². The summed E-state index contributed by atoms with van der Waals surface area (Å²) in [5.74, 6) is 3.52. The first kappa shape index (κ1) is 15.7. The van der Waals surface area contributed by atoms with E-state index in [1.807, 2.05) is 32.9 Å². The molecule has 4 heterocycles. The van der Waals surface area contributed by atoms with E-state index in [0.717, 1.165) is 60.6 Å². The van der Waals surface area contributed by atoms with Crippen molar-refractivity contribution < 1.29 is 0 Å². The van der Waals surface area contributed by atoms with E-state index < -0.39 is 0 Å². The molecule has 0 bridgehead atoms. The smallest absolute Gasteiger partial charge is 0.178 e. The molecule has 130 valence electrons. The number of aromatic nitrogens is 6. The topological polar surface area (TPSA) is 84.1 Å². The van der Waals surface area contributed by atoms with Crippen LogP contribution in [-0.2, 0) is 0 Å². The Balaban J connectivity index is 1.42. The zero-order chi connectivity index (χ0) is 17.4. The van der Waals surface area contributed by atoms with Crippen molar-refractivity contribution in [3.05, 3.63) is 35.5 Å². The summed E-state index contributed by atoms with van der Waals surface area (Å²) in [5.41, 5.74) is 1.79. The third-order valence-electron chi connectivity index (χ3n) is 4.54. The number of fused-ring (bicyclic) bond motifs is 1. The second kappa shape index (κ2) is 6.27. The number of aryl methyl sites for hydroxylation is 3. The van der Waals surface area contributed by atoms with Crippen LogP contribution >= 0.6 is 0 Å². The maximum absolute atomic E-state index is 4.58. The largest absolute Gasteiger partial charge is 0.366 e. The summed E-state index contributed by atoms with van der Waals surface area (Å²) in [4.78, 5) is 11.3. The molecule has 3 aromatic heterocycles. The first-order chi connectivity index (χ1) is 12.1. The lowest BCUT2D eigenvalue weighted by molar-refractivity contribution is 0.521. The minimum atomic E-state index is 0.405. The average molecular weight is 338 g/mol. The number of nitrogens with zero attached hydrogens (tertiary/aromatic N) is 7. The number of piperidine rings is 1. The van der Waals surface area contributed by atoms with Crippen LogP contribution in [0.5, 0.6) is 0 Å². The Kier molecular flexibility index (Phi) is 3.95. The Labute approximate surface area is 146 Å². The maximum atomic E-state index is 4.58. The van der Waals surface area contributed by atoms with E-state index in [9.17, 15) is 0 Å². The molecule has 0 aromatic carbocycles. The van der Waals surface area contributed by atoms with E-state index in [0.29, 0.717) is 6.04 Å². The third-order valence-corrected chi connectivity index (χ3v) is 4.54. The van der Waals surface area contributed by atoms with Gasteiger partial charge in [0.15, 0.2) is 11.5 Å². The summed E-state index contributed by atoms with van der Waals surface area (Å²) in [6.45, 7) is 7.81. The van der Waals surface area contributed by atoms with Gasteiger partial charge in [0.05, 0.1) is 0 Å². The zero-order valence-corrected chi connectivity index (χ0v) is 14.8. The second-order valence-corrected chi connectivity index (χ2v) is 6.56. The predicted molar refractivity (Wildman–Crippen MR) is 95.9 cm³/mol. The van der Waals surface area contributed by atoms with E-state index >= 15 is 0 Å². The number of anilines is 2. The molecule has 4 rings (SSSR count). The van der Waals surface area contributed by atoms with Gasteiger partial charge >= 0.3 is 0 Å². The van der Waals surface area contributed by atoms with Crippen LogP contribution in [0.1, 0.15) is 30.2 Å². The highest BCUT2D eigenvalue weighted by Crippen LogP contribution is 2.21. The molecule has 1 saturated heterocycles. The summed E-state index contributed by atoms with van der Waals surface area (Å²) < 4.78 is 1.77. The Morgan fingerprint density at radius 2 is 1.84 bits per heavy atom. The summed E-state index contributed by atoms with van der Waals surface area (Å²) in [5, 5.41) is 16.2. The van der Waals surface area contributed by atoms with Crippen LogP contribution in [0.4, 0.5) is 11.6 Å². The molecule has 8 heteroatoms. The molecule has 0 aliphatic carbocycles. The van der Waals surface area contributed by atoms with E-state index in [1.165, 1.54) is 0 Å². The molecule has 1 aliphatic heterocycles.